The summed E-state index contributed by atoms with van der Waals surface area (Å²) >= 11 is 1.41. The summed E-state index contributed by atoms with van der Waals surface area (Å²) < 4.78 is 7.59. The van der Waals surface area contributed by atoms with Crippen LogP contribution in [0.4, 0.5) is 0 Å². The molecule has 0 aliphatic heterocycles. The zero-order valence-electron chi connectivity index (χ0n) is 15.4. The summed E-state index contributed by atoms with van der Waals surface area (Å²) in [5.74, 6) is 2.52. The minimum Gasteiger partial charge on any atom is -0.486 e. The molecule has 0 unspecified atom stereocenters. The molecule has 26 heavy (non-hydrogen) atoms. The van der Waals surface area contributed by atoms with E-state index in [1.807, 2.05) is 41.9 Å². The number of nitrogens with zero attached hydrogens (tertiary/aromatic N) is 3. The number of benzene rings is 1. The summed E-state index contributed by atoms with van der Waals surface area (Å²) in [7, 11) is 1.90. The fraction of sp³-hybridized carbons (Fsp3) is 0.526. The molecule has 1 aromatic heterocycles. The Bertz CT molecular complexity index is 720. The van der Waals surface area contributed by atoms with Gasteiger partial charge in [0.1, 0.15) is 12.4 Å². The van der Waals surface area contributed by atoms with Gasteiger partial charge in [-0.05, 0) is 30.9 Å². The monoisotopic (exact) mass is 374 g/mol. The second kappa shape index (κ2) is 9.07. The van der Waals surface area contributed by atoms with Crippen molar-refractivity contribution < 1.29 is 9.53 Å². The Morgan fingerprint density at radius 1 is 1.27 bits per heavy atom. The number of aromatic nitrogens is 3. The van der Waals surface area contributed by atoms with Gasteiger partial charge in [0.25, 0.3) is 0 Å². The van der Waals surface area contributed by atoms with Crippen molar-refractivity contribution in [2.24, 2.45) is 13.0 Å². The van der Waals surface area contributed by atoms with Gasteiger partial charge in [-0.3, -0.25) is 4.79 Å². The smallest absolute Gasteiger partial charge is 0.230 e. The van der Waals surface area contributed by atoms with Gasteiger partial charge >= 0.3 is 0 Å². The van der Waals surface area contributed by atoms with E-state index in [0.717, 1.165) is 23.2 Å². The molecule has 0 saturated heterocycles. The van der Waals surface area contributed by atoms with Crippen molar-refractivity contribution in [1.29, 1.82) is 0 Å². The molecular weight excluding hydrogens is 348 g/mol. The Kier molecular flexibility index (Phi) is 6.55. The molecule has 1 aliphatic carbocycles. The molecule has 0 radical (unpaired) electrons. The Balaban J connectivity index is 1.47. The van der Waals surface area contributed by atoms with Gasteiger partial charge < -0.3 is 14.6 Å². The molecule has 3 rings (SSSR count). The lowest BCUT2D eigenvalue weighted by molar-refractivity contribution is -0.119. The molecule has 1 heterocycles. The van der Waals surface area contributed by atoms with Crippen LogP contribution in [0.5, 0.6) is 5.75 Å². The third kappa shape index (κ3) is 5.00. The van der Waals surface area contributed by atoms with Crippen LogP contribution in [-0.2, 0) is 18.4 Å². The summed E-state index contributed by atoms with van der Waals surface area (Å²) in [6.45, 7) is 2.57. The number of carbonyl (C=O) groups excluding carboxylic acids is 1. The second-order valence-corrected chi connectivity index (χ2v) is 7.73. The van der Waals surface area contributed by atoms with E-state index < -0.39 is 0 Å². The first-order valence-electron chi connectivity index (χ1n) is 9.12. The van der Waals surface area contributed by atoms with E-state index in [0.29, 0.717) is 24.3 Å². The number of rotatable bonds is 7. The SMILES string of the molecule is C[C@@H]1CCCC[C@H]1NC(=O)CSc1nnc(COc2ccccc2)n1C. The molecule has 2 atom stereocenters. The molecule has 1 amide bonds. The van der Waals surface area contributed by atoms with E-state index in [4.69, 9.17) is 4.74 Å². The number of carbonyl (C=O) groups is 1. The number of nitrogens with one attached hydrogen (secondary N) is 1. The van der Waals surface area contributed by atoms with Crippen LogP contribution in [0.3, 0.4) is 0 Å². The largest absolute Gasteiger partial charge is 0.486 e. The Hall–Kier alpha value is -2.02. The zero-order chi connectivity index (χ0) is 18.4. The third-order valence-electron chi connectivity index (χ3n) is 4.83. The number of thioether (sulfide) groups is 1. The summed E-state index contributed by atoms with van der Waals surface area (Å²) in [6, 6.07) is 9.93. The molecule has 0 spiro atoms. The highest BCUT2D eigenvalue weighted by Crippen LogP contribution is 2.24. The van der Waals surface area contributed by atoms with Crippen molar-refractivity contribution in [3.8, 4) is 5.75 Å². The van der Waals surface area contributed by atoms with Gasteiger partial charge in [0, 0.05) is 13.1 Å². The Morgan fingerprint density at radius 2 is 2.04 bits per heavy atom. The van der Waals surface area contributed by atoms with Gasteiger partial charge in [0.05, 0.1) is 5.75 Å². The minimum atomic E-state index is 0.0684. The molecule has 1 aliphatic rings. The van der Waals surface area contributed by atoms with Crippen molar-refractivity contribution in [2.75, 3.05) is 5.75 Å². The highest BCUT2D eigenvalue weighted by atomic mass is 32.2. The van der Waals surface area contributed by atoms with Crippen LogP contribution in [0, 0.1) is 5.92 Å². The summed E-state index contributed by atoms with van der Waals surface area (Å²) in [5.41, 5.74) is 0. The van der Waals surface area contributed by atoms with Crippen LogP contribution >= 0.6 is 11.8 Å². The van der Waals surface area contributed by atoms with Gasteiger partial charge in [-0.25, -0.2) is 0 Å². The molecule has 1 N–H and O–H groups in total. The maximum absolute atomic E-state index is 12.2. The topological polar surface area (TPSA) is 69.0 Å². The number of hydrogen-bond acceptors (Lipinski definition) is 5. The normalized spacial score (nSPS) is 19.9. The van der Waals surface area contributed by atoms with Crippen molar-refractivity contribution in [3.05, 3.63) is 36.2 Å². The van der Waals surface area contributed by atoms with Gasteiger partial charge in [-0.1, -0.05) is 49.7 Å². The highest BCUT2D eigenvalue weighted by molar-refractivity contribution is 7.99. The van der Waals surface area contributed by atoms with E-state index in [1.165, 1.54) is 31.0 Å². The number of ether oxygens (including phenoxy) is 1. The van der Waals surface area contributed by atoms with Gasteiger partial charge in [0.15, 0.2) is 11.0 Å². The second-order valence-electron chi connectivity index (χ2n) is 6.78. The summed E-state index contributed by atoms with van der Waals surface area (Å²) in [5, 5.41) is 12.2. The Morgan fingerprint density at radius 3 is 2.81 bits per heavy atom. The van der Waals surface area contributed by atoms with E-state index in [1.54, 1.807) is 0 Å². The van der Waals surface area contributed by atoms with E-state index in [2.05, 4.69) is 22.4 Å². The number of hydrogen-bond donors (Lipinski definition) is 1. The molecule has 140 valence electrons. The van der Waals surface area contributed by atoms with Crippen LogP contribution < -0.4 is 10.1 Å². The standard InChI is InChI=1S/C19H26N4O2S/c1-14-8-6-7-11-16(14)20-18(24)13-26-19-22-21-17(23(19)2)12-25-15-9-4-3-5-10-15/h3-5,9-10,14,16H,6-8,11-13H2,1-2H3,(H,20,24)/t14-,16-/m1/s1. The molecular formula is C19H26N4O2S. The van der Waals surface area contributed by atoms with Gasteiger partial charge in [-0.15, -0.1) is 10.2 Å². The number of amides is 1. The maximum atomic E-state index is 12.2. The van der Waals surface area contributed by atoms with Gasteiger partial charge in [-0.2, -0.15) is 0 Å². The first kappa shape index (κ1) is 18.8. The van der Waals surface area contributed by atoms with Crippen molar-refractivity contribution >= 4 is 17.7 Å². The van der Waals surface area contributed by atoms with Gasteiger partial charge in [0.2, 0.25) is 5.91 Å². The molecule has 1 fully saturated rings. The van der Waals surface area contributed by atoms with Crippen LogP contribution in [0.2, 0.25) is 0 Å². The first-order valence-corrected chi connectivity index (χ1v) is 10.1. The van der Waals surface area contributed by atoms with Crippen LogP contribution in [-0.4, -0.2) is 32.5 Å². The fourth-order valence-electron chi connectivity index (χ4n) is 3.17. The van der Waals surface area contributed by atoms with Crippen molar-refractivity contribution in [3.63, 3.8) is 0 Å². The third-order valence-corrected chi connectivity index (χ3v) is 5.85. The van der Waals surface area contributed by atoms with Crippen LogP contribution in [0.1, 0.15) is 38.4 Å². The maximum Gasteiger partial charge on any atom is 0.230 e. The predicted molar refractivity (Wildman–Crippen MR) is 102 cm³/mol. The quantitative estimate of drug-likeness (QED) is 0.754. The zero-order valence-corrected chi connectivity index (χ0v) is 16.2. The minimum absolute atomic E-state index is 0.0684. The summed E-state index contributed by atoms with van der Waals surface area (Å²) in [4.78, 5) is 12.2. The lowest BCUT2D eigenvalue weighted by atomic mass is 9.86. The van der Waals surface area contributed by atoms with E-state index >= 15 is 0 Å². The predicted octanol–water partition coefficient (Wildman–Crippen LogP) is 3.18. The molecule has 1 aromatic carbocycles. The van der Waals surface area contributed by atoms with Crippen molar-refractivity contribution in [2.45, 2.75) is 50.4 Å². The lowest BCUT2D eigenvalue weighted by Gasteiger charge is -2.29. The average molecular weight is 375 g/mol. The average Bonchev–Trinajstić information content (AvgIpc) is 3.01. The van der Waals surface area contributed by atoms with E-state index in [9.17, 15) is 4.79 Å². The van der Waals surface area contributed by atoms with Crippen molar-refractivity contribution in [1.82, 2.24) is 20.1 Å². The molecule has 1 saturated carbocycles. The molecule has 2 aromatic rings. The fourth-order valence-corrected chi connectivity index (χ4v) is 3.91. The van der Waals surface area contributed by atoms with Crippen LogP contribution in [0.15, 0.2) is 35.5 Å². The Labute approximate surface area is 158 Å². The molecule has 0 bridgehead atoms. The molecule has 6 nitrogen and oxygen atoms in total. The first-order chi connectivity index (χ1) is 12.6. The van der Waals surface area contributed by atoms with E-state index in [-0.39, 0.29) is 5.91 Å². The highest BCUT2D eigenvalue weighted by Gasteiger charge is 2.23. The van der Waals surface area contributed by atoms with Crippen LogP contribution in [0.25, 0.3) is 0 Å². The summed E-state index contributed by atoms with van der Waals surface area (Å²) in [6.07, 6.45) is 4.76. The lowest BCUT2D eigenvalue weighted by Crippen LogP contribution is -2.41. The molecule has 7 heteroatoms. The number of para-hydroxylation sites is 1.